The number of aryl methyl sites for hydroxylation is 1. The molecule has 22 heavy (non-hydrogen) atoms. The fourth-order valence-electron chi connectivity index (χ4n) is 3.34. The van der Waals surface area contributed by atoms with Gasteiger partial charge in [0.25, 0.3) is 0 Å². The van der Waals surface area contributed by atoms with Crippen molar-refractivity contribution in [2.45, 2.75) is 32.2 Å². The van der Waals surface area contributed by atoms with E-state index in [1.165, 1.54) is 28.7 Å². The number of likely N-dealkylation sites (N-methyl/N-ethyl adjacent to an activating group) is 1. The Hall–Kier alpha value is -1.02. The second-order valence-corrected chi connectivity index (χ2v) is 7.04. The number of rotatable bonds is 3. The van der Waals surface area contributed by atoms with E-state index in [-0.39, 0.29) is 0 Å². The number of hydrogen-bond acceptors (Lipinski definition) is 1. The highest BCUT2D eigenvalue weighted by molar-refractivity contribution is 6.35. The zero-order chi connectivity index (χ0) is 15.7. The van der Waals surface area contributed by atoms with E-state index in [0.29, 0.717) is 5.92 Å². The van der Waals surface area contributed by atoms with Gasteiger partial charge < -0.3 is 4.90 Å². The Balaban J connectivity index is 2.01. The molecule has 0 aromatic heterocycles. The number of nitrogens with zero attached hydrogens (tertiary/aromatic N) is 1. The predicted molar refractivity (Wildman–Crippen MR) is 95.1 cm³/mol. The maximum atomic E-state index is 6.42. The Labute approximate surface area is 142 Å². The van der Waals surface area contributed by atoms with Crippen LogP contribution in [0.25, 0.3) is 0 Å². The smallest absolute Gasteiger partial charge is 0.0468 e. The van der Waals surface area contributed by atoms with Crippen molar-refractivity contribution in [1.82, 2.24) is 4.90 Å². The Morgan fingerprint density at radius 1 is 1.14 bits per heavy atom. The molecule has 0 bridgehead atoms. The maximum absolute atomic E-state index is 6.42. The van der Waals surface area contributed by atoms with Gasteiger partial charge in [0.15, 0.2) is 0 Å². The van der Waals surface area contributed by atoms with Crippen LogP contribution in [0.4, 0.5) is 0 Å². The lowest BCUT2D eigenvalue weighted by Gasteiger charge is -2.33. The number of halogens is 2. The molecule has 2 aromatic carbocycles. The van der Waals surface area contributed by atoms with Crippen molar-refractivity contribution >= 4 is 23.2 Å². The summed E-state index contributed by atoms with van der Waals surface area (Å²) in [4.78, 5) is 2.33. The van der Waals surface area contributed by atoms with Gasteiger partial charge >= 0.3 is 0 Å². The zero-order valence-electron chi connectivity index (χ0n) is 13.1. The molecule has 3 rings (SSSR count). The fourth-order valence-corrected chi connectivity index (χ4v) is 3.90. The van der Waals surface area contributed by atoms with E-state index >= 15 is 0 Å². The maximum Gasteiger partial charge on any atom is 0.0468 e. The molecule has 1 unspecified atom stereocenters. The van der Waals surface area contributed by atoms with Crippen molar-refractivity contribution in [3.63, 3.8) is 0 Å². The minimum absolute atomic E-state index is 0.334. The van der Waals surface area contributed by atoms with Gasteiger partial charge in [0.05, 0.1) is 0 Å². The van der Waals surface area contributed by atoms with Gasteiger partial charge in [-0.15, -0.1) is 0 Å². The molecular weight excluding hydrogens is 313 g/mol. The Kier molecular flexibility index (Phi) is 4.77. The first-order valence-electron chi connectivity index (χ1n) is 7.83. The third-order valence-electron chi connectivity index (χ3n) is 4.41. The van der Waals surface area contributed by atoms with Crippen molar-refractivity contribution in [2.24, 2.45) is 0 Å². The molecule has 1 aliphatic rings. The lowest BCUT2D eigenvalue weighted by atomic mass is 9.84. The van der Waals surface area contributed by atoms with E-state index in [9.17, 15) is 0 Å². The van der Waals surface area contributed by atoms with Crippen LogP contribution in [0.15, 0.2) is 36.4 Å². The first-order valence-corrected chi connectivity index (χ1v) is 8.59. The number of hydrogen-bond donors (Lipinski definition) is 0. The predicted octanol–water partition coefficient (Wildman–Crippen LogP) is 5.52. The van der Waals surface area contributed by atoms with E-state index in [4.69, 9.17) is 23.2 Å². The third kappa shape index (κ3) is 3.17. The number of benzene rings is 2. The van der Waals surface area contributed by atoms with Crippen molar-refractivity contribution < 1.29 is 0 Å². The van der Waals surface area contributed by atoms with Crippen LogP contribution in [0.3, 0.4) is 0 Å². The van der Waals surface area contributed by atoms with Gasteiger partial charge in [0.2, 0.25) is 0 Å². The fraction of sp³-hybridized carbons (Fsp3) is 0.368. The normalized spacial score (nSPS) is 18.3. The highest BCUT2D eigenvalue weighted by Gasteiger charge is 2.26. The van der Waals surface area contributed by atoms with Crippen LogP contribution in [-0.2, 0) is 13.0 Å². The molecular formula is C19H21Cl2N. The molecule has 1 aliphatic heterocycles. The zero-order valence-corrected chi connectivity index (χ0v) is 14.6. The molecule has 0 saturated heterocycles. The molecule has 0 aliphatic carbocycles. The minimum atomic E-state index is 0.334. The summed E-state index contributed by atoms with van der Waals surface area (Å²) in [5, 5.41) is 1.50. The first-order chi connectivity index (χ1) is 10.6. The Morgan fingerprint density at radius 3 is 2.55 bits per heavy atom. The summed E-state index contributed by atoms with van der Waals surface area (Å²) in [5.74, 6) is 0.334. The standard InChI is InChI=1S/C19H21Cl2N/c1-3-4-13-5-7-14(8-6-13)17-11-22(2)12-18-16(17)9-15(20)10-19(18)21/h5-10,17H,3-4,11-12H2,1-2H3. The van der Waals surface area contributed by atoms with Crippen LogP contribution < -0.4 is 0 Å². The molecule has 0 amide bonds. The summed E-state index contributed by atoms with van der Waals surface area (Å²) < 4.78 is 0. The molecule has 0 saturated carbocycles. The summed E-state index contributed by atoms with van der Waals surface area (Å²) in [6.45, 7) is 4.09. The summed E-state index contributed by atoms with van der Waals surface area (Å²) in [6.07, 6.45) is 2.32. The molecule has 0 N–H and O–H groups in total. The lowest BCUT2D eigenvalue weighted by Crippen LogP contribution is -2.31. The van der Waals surface area contributed by atoms with E-state index in [1.54, 1.807) is 0 Å². The van der Waals surface area contributed by atoms with Gasteiger partial charge in [-0.1, -0.05) is 60.8 Å². The SMILES string of the molecule is CCCc1ccc(C2CN(C)Cc3c(Cl)cc(Cl)cc32)cc1. The number of fused-ring (bicyclic) bond motifs is 1. The van der Waals surface area contributed by atoms with Crippen molar-refractivity contribution in [1.29, 1.82) is 0 Å². The van der Waals surface area contributed by atoms with E-state index in [0.717, 1.165) is 29.6 Å². The van der Waals surface area contributed by atoms with Gasteiger partial charge in [-0.05, 0) is 47.9 Å². The van der Waals surface area contributed by atoms with Gasteiger partial charge in [-0.3, -0.25) is 0 Å². The Morgan fingerprint density at radius 2 is 1.86 bits per heavy atom. The van der Waals surface area contributed by atoms with E-state index in [2.05, 4.69) is 49.2 Å². The van der Waals surface area contributed by atoms with Crippen molar-refractivity contribution in [3.05, 3.63) is 68.7 Å². The van der Waals surface area contributed by atoms with Gasteiger partial charge in [0, 0.05) is 29.1 Å². The molecule has 2 aromatic rings. The van der Waals surface area contributed by atoms with Crippen LogP contribution >= 0.6 is 23.2 Å². The molecule has 0 fully saturated rings. The molecule has 0 spiro atoms. The highest BCUT2D eigenvalue weighted by Crippen LogP contribution is 2.38. The van der Waals surface area contributed by atoms with Crippen LogP contribution in [0.5, 0.6) is 0 Å². The second kappa shape index (κ2) is 6.62. The third-order valence-corrected chi connectivity index (χ3v) is 4.97. The monoisotopic (exact) mass is 333 g/mol. The summed E-state index contributed by atoms with van der Waals surface area (Å²) >= 11 is 12.7. The average Bonchev–Trinajstić information content (AvgIpc) is 2.49. The second-order valence-electron chi connectivity index (χ2n) is 6.20. The van der Waals surface area contributed by atoms with E-state index < -0.39 is 0 Å². The quantitative estimate of drug-likeness (QED) is 0.714. The van der Waals surface area contributed by atoms with Crippen LogP contribution in [0, 0.1) is 0 Å². The van der Waals surface area contributed by atoms with Crippen LogP contribution in [-0.4, -0.2) is 18.5 Å². The topological polar surface area (TPSA) is 3.24 Å². The highest BCUT2D eigenvalue weighted by atomic mass is 35.5. The summed E-state index contributed by atoms with van der Waals surface area (Å²) in [7, 11) is 2.15. The van der Waals surface area contributed by atoms with Crippen LogP contribution in [0.1, 0.15) is 41.5 Å². The molecule has 116 valence electrons. The average molecular weight is 334 g/mol. The van der Waals surface area contributed by atoms with Gasteiger partial charge in [-0.2, -0.15) is 0 Å². The largest absolute Gasteiger partial charge is 0.301 e. The first kappa shape index (κ1) is 15.9. The van der Waals surface area contributed by atoms with Gasteiger partial charge in [-0.25, -0.2) is 0 Å². The van der Waals surface area contributed by atoms with Gasteiger partial charge in [0.1, 0.15) is 0 Å². The molecule has 1 heterocycles. The lowest BCUT2D eigenvalue weighted by molar-refractivity contribution is 0.295. The van der Waals surface area contributed by atoms with Crippen molar-refractivity contribution in [2.75, 3.05) is 13.6 Å². The Bertz CT molecular complexity index is 664. The minimum Gasteiger partial charge on any atom is -0.301 e. The molecule has 3 heteroatoms. The summed E-state index contributed by atoms with van der Waals surface area (Å²) in [5.41, 5.74) is 5.23. The van der Waals surface area contributed by atoms with E-state index in [1.807, 2.05) is 6.07 Å². The summed E-state index contributed by atoms with van der Waals surface area (Å²) in [6, 6.07) is 12.9. The van der Waals surface area contributed by atoms with Crippen molar-refractivity contribution in [3.8, 4) is 0 Å². The van der Waals surface area contributed by atoms with Crippen LogP contribution in [0.2, 0.25) is 10.0 Å². The molecule has 0 radical (unpaired) electrons. The molecule has 1 atom stereocenters. The molecule has 1 nitrogen and oxygen atoms in total.